The monoisotopic (exact) mass is 286 g/mol. The van der Waals surface area contributed by atoms with E-state index in [-0.39, 0.29) is 0 Å². The molecule has 0 amide bonds. The number of likely N-dealkylation sites (N-methyl/N-ethyl adjacent to an activating group) is 1. The van der Waals surface area contributed by atoms with E-state index in [9.17, 15) is 0 Å². The smallest absolute Gasteiger partial charge is 0.0104 e. The summed E-state index contributed by atoms with van der Waals surface area (Å²) in [5.41, 5.74) is 3.27. The van der Waals surface area contributed by atoms with Gasteiger partial charge in [0.25, 0.3) is 0 Å². The van der Waals surface area contributed by atoms with E-state index >= 15 is 0 Å². The molecular formula is C19H30N2. The molecule has 0 radical (unpaired) electrons. The van der Waals surface area contributed by atoms with Crippen LogP contribution in [0, 0.1) is 17.8 Å². The average molecular weight is 286 g/mol. The maximum Gasteiger partial charge on any atom is 0.0104 e. The second kappa shape index (κ2) is 6.50. The van der Waals surface area contributed by atoms with Crippen LogP contribution < -0.4 is 5.32 Å². The first-order valence-electron chi connectivity index (χ1n) is 8.64. The highest BCUT2D eigenvalue weighted by molar-refractivity contribution is 5.39. The Morgan fingerprint density at radius 1 is 1.29 bits per heavy atom. The molecule has 21 heavy (non-hydrogen) atoms. The van der Waals surface area contributed by atoms with Crippen molar-refractivity contribution >= 4 is 0 Å². The van der Waals surface area contributed by atoms with Gasteiger partial charge in [-0.15, -0.1) is 0 Å². The number of nitrogens with one attached hydrogen (secondary N) is 1. The van der Waals surface area contributed by atoms with Crippen molar-refractivity contribution in [1.82, 2.24) is 10.2 Å². The number of fused-ring (bicyclic) bond motifs is 3. The molecule has 2 nitrogen and oxygen atoms in total. The summed E-state index contributed by atoms with van der Waals surface area (Å²) in [5, 5.41) is 3.55. The van der Waals surface area contributed by atoms with Crippen LogP contribution in [0.15, 0.2) is 24.3 Å². The fraction of sp³-hybridized carbons (Fsp3) is 0.684. The Hall–Kier alpha value is -0.860. The first-order valence-corrected chi connectivity index (χ1v) is 8.64. The predicted molar refractivity (Wildman–Crippen MR) is 89.7 cm³/mol. The van der Waals surface area contributed by atoms with Crippen molar-refractivity contribution in [1.29, 1.82) is 0 Å². The lowest BCUT2D eigenvalue weighted by Gasteiger charge is -2.17. The van der Waals surface area contributed by atoms with Crippen molar-refractivity contribution in [2.75, 3.05) is 33.2 Å². The Morgan fingerprint density at radius 3 is 2.90 bits per heavy atom. The number of benzene rings is 1. The zero-order valence-electron chi connectivity index (χ0n) is 13.8. The average Bonchev–Trinajstić information content (AvgIpc) is 3.17. The van der Waals surface area contributed by atoms with E-state index in [4.69, 9.17) is 0 Å². The van der Waals surface area contributed by atoms with Gasteiger partial charge < -0.3 is 10.2 Å². The minimum Gasteiger partial charge on any atom is -0.315 e. The maximum atomic E-state index is 3.55. The van der Waals surface area contributed by atoms with E-state index in [1.165, 1.54) is 25.9 Å². The van der Waals surface area contributed by atoms with Crippen LogP contribution in [-0.4, -0.2) is 38.1 Å². The van der Waals surface area contributed by atoms with Gasteiger partial charge in [-0.2, -0.15) is 0 Å². The summed E-state index contributed by atoms with van der Waals surface area (Å²) >= 11 is 0. The Kier molecular flexibility index (Phi) is 4.66. The molecule has 0 spiro atoms. The molecule has 0 saturated heterocycles. The standard InChI is InChI=1S/C19H30N2/c1-14(2)12-20-10-11-21(3)13-18-17-9-8-15-6-4-5-7-16(15)19(17)18/h4-7,14,17-20H,8-13H2,1-3H3. The normalized spacial score (nSPS) is 26.8. The third-order valence-corrected chi connectivity index (χ3v) is 5.24. The van der Waals surface area contributed by atoms with Gasteiger partial charge in [0.2, 0.25) is 0 Å². The summed E-state index contributed by atoms with van der Waals surface area (Å²) in [4.78, 5) is 2.53. The summed E-state index contributed by atoms with van der Waals surface area (Å²) in [7, 11) is 2.29. The Balaban J connectivity index is 1.46. The van der Waals surface area contributed by atoms with Gasteiger partial charge in [0.1, 0.15) is 0 Å². The molecule has 2 aliphatic carbocycles. The minimum atomic E-state index is 0.748. The van der Waals surface area contributed by atoms with E-state index in [1.807, 2.05) is 0 Å². The second-order valence-electron chi connectivity index (χ2n) is 7.45. The Bertz CT molecular complexity index is 468. The van der Waals surface area contributed by atoms with Gasteiger partial charge >= 0.3 is 0 Å². The quantitative estimate of drug-likeness (QED) is 0.775. The van der Waals surface area contributed by atoms with Crippen molar-refractivity contribution in [2.24, 2.45) is 17.8 Å². The molecule has 116 valence electrons. The lowest BCUT2D eigenvalue weighted by Crippen LogP contribution is -2.32. The first-order chi connectivity index (χ1) is 10.2. The van der Waals surface area contributed by atoms with Crippen LogP contribution >= 0.6 is 0 Å². The van der Waals surface area contributed by atoms with Gasteiger partial charge in [-0.05, 0) is 61.2 Å². The lowest BCUT2D eigenvalue weighted by molar-refractivity contribution is 0.307. The largest absolute Gasteiger partial charge is 0.315 e. The molecule has 3 atom stereocenters. The van der Waals surface area contributed by atoms with E-state index in [2.05, 4.69) is 55.4 Å². The third kappa shape index (κ3) is 3.49. The number of nitrogens with zero attached hydrogens (tertiary/aromatic N) is 1. The molecule has 0 bridgehead atoms. The molecule has 2 aliphatic rings. The molecule has 1 aromatic rings. The molecule has 1 saturated carbocycles. The molecule has 0 aromatic heterocycles. The molecule has 0 aliphatic heterocycles. The summed E-state index contributed by atoms with van der Waals surface area (Å²) in [6, 6.07) is 9.12. The number of hydrogen-bond donors (Lipinski definition) is 1. The van der Waals surface area contributed by atoms with E-state index in [1.54, 1.807) is 11.1 Å². The molecule has 3 unspecified atom stereocenters. The molecule has 0 heterocycles. The third-order valence-electron chi connectivity index (χ3n) is 5.24. The highest BCUT2D eigenvalue weighted by Gasteiger charge is 2.52. The topological polar surface area (TPSA) is 15.3 Å². The van der Waals surface area contributed by atoms with Gasteiger partial charge in [-0.3, -0.25) is 0 Å². The minimum absolute atomic E-state index is 0.748. The maximum absolute atomic E-state index is 3.55. The van der Waals surface area contributed by atoms with Gasteiger partial charge in [0.15, 0.2) is 0 Å². The van der Waals surface area contributed by atoms with Gasteiger partial charge in [-0.25, -0.2) is 0 Å². The molecule has 3 rings (SSSR count). The number of rotatable bonds is 7. The fourth-order valence-electron chi connectivity index (χ4n) is 4.07. The van der Waals surface area contributed by atoms with Gasteiger partial charge in [0.05, 0.1) is 0 Å². The van der Waals surface area contributed by atoms with Crippen LogP contribution in [0.25, 0.3) is 0 Å². The van der Waals surface area contributed by atoms with Crippen LogP contribution in [0.5, 0.6) is 0 Å². The van der Waals surface area contributed by atoms with Crippen LogP contribution in [0.4, 0.5) is 0 Å². The number of aryl methyl sites for hydroxylation is 1. The van der Waals surface area contributed by atoms with Crippen LogP contribution in [0.2, 0.25) is 0 Å². The second-order valence-corrected chi connectivity index (χ2v) is 7.45. The van der Waals surface area contributed by atoms with Crippen molar-refractivity contribution in [3.63, 3.8) is 0 Å². The van der Waals surface area contributed by atoms with Crippen molar-refractivity contribution in [3.05, 3.63) is 35.4 Å². The summed E-state index contributed by atoms with van der Waals surface area (Å²) in [6.07, 6.45) is 2.71. The van der Waals surface area contributed by atoms with Gasteiger partial charge in [0, 0.05) is 19.6 Å². The van der Waals surface area contributed by atoms with Crippen molar-refractivity contribution in [2.45, 2.75) is 32.6 Å². The highest BCUT2D eigenvalue weighted by atomic mass is 15.1. The van der Waals surface area contributed by atoms with Crippen molar-refractivity contribution < 1.29 is 0 Å². The zero-order valence-corrected chi connectivity index (χ0v) is 13.8. The van der Waals surface area contributed by atoms with Crippen LogP contribution in [0.1, 0.15) is 37.3 Å². The molecule has 1 N–H and O–H groups in total. The van der Waals surface area contributed by atoms with Crippen LogP contribution in [-0.2, 0) is 6.42 Å². The number of hydrogen-bond acceptors (Lipinski definition) is 2. The Labute approximate surface area is 129 Å². The van der Waals surface area contributed by atoms with E-state index < -0.39 is 0 Å². The highest BCUT2D eigenvalue weighted by Crippen LogP contribution is 2.59. The SMILES string of the molecule is CC(C)CNCCN(C)CC1C2CCc3ccccc3C21. The van der Waals surface area contributed by atoms with Gasteiger partial charge in [-0.1, -0.05) is 38.1 Å². The summed E-state index contributed by atoms with van der Waals surface area (Å²) < 4.78 is 0. The molecule has 1 aromatic carbocycles. The zero-order chi connectivity index (χ0) is 14.8. The molecule has 2 heteroatoms. The van der Waals surface area contributed by atoms with E-state index in [0.29, 0.717) is 0 Å². The molecule has 1 fully saturated rings. The van der Waals surface area contributed by atoms with E-state index in [0.717, 1.165) is 36.8 Å². The lowest BCUT2D eigenvalue weighted by atomic mass is 9.92. The predicted octanol–water partition coefficient (Wildman–Crippen LogP) is 3.14. The summed E-state index contributed by atoms with van der Waals surface area (Å²) in [5.74, 6) is 3.48. The first kappa shape index (κ1) is 15.1. The van der Waals surface area contributed by atoms with Crippen LogP contribution in [0.3, 0.4) is 0 Å². The fourth-order valence-corrected chi connectivity index (χ4v) is 4.07. The summed E-state index contributed by atoms with van der Waals surface area (Å²) in [6.45, 7) is 9.23. The van der Waals surface area contributed by atoms with Crippen molar-refractivity contribution in [3.8, 4) is 0 Å². The molecular weight excluding hydrogens is 256 g/mol. The Morgan fingerprint density at radius 2 is 2.10 bits per heavy atom.